The molecular formula is C17H18BrNO5. The van der Waals surface area contributed by atoms with E-state index in [0.717, 1.165) is 0 Å². The van der Waals surface area contributed by atoms with E-state index in [9.17, 15) is 4.79 Å². The van der Waals surface area contributed by atoms with Crippen LogP contribution in [-0.2, 0) is 0 Å². The smallest absolute Gasteiger partial charge is 0.255 e. The third-order valence-electron chi connectivity index (χ3n) is 3.35. The number of benzene rings is 2. The number of carbonyl (C=O) groups is 1. The van der Waals surface area contributed by atoms with Gasteiger partial charge in [0, 0.05) is 17.3 Å². The van der Waals surface area contributed by atoms with Crippen LogP contribution in [-0.4, -0.2) is 34.3 Å². The molecule has 2 aromatic carbocycles. The van der Waals surface area contributed by atoms with E-state index in [-0.39, 0.29) is 5.91 Å². The van der Waals surface area contributed by atoms with Crippen LogP contribution in [0.4, 0.5) is 5.69 Å². The second kappa shape index (κ2) is 7.92. The largest absolute Gasteiger partial charge is 0.495 e. The predicted octanol–water partition coefficient (Wildman–Crippen LogP) is 3.74. The van der Waals surface area contributed by atoms with Crippen molar-refractivity contribution in [2.24, 2.45) is 0 Å². The highest BCUT2D eigenvalue weighted by Crippen LogP contribution is 2.36. The second-order valence-electron chi connectivity index (χ2n) is 4.72. The van der Waals surface area contributed by atoms with E-state index < -0.39 is 0 Å². The molecule has 0 atom stereocenters. The highest BCUT2D eigenvalue weighted by molar-refractivity contribution is 9.10. The summed E-state index contributed by atoms with van der Waals surface area (Å²) in [6.07, 6.45) is 0. The quantitative estimate of drug-likeness (QED) is 0.806. The highest BCUT2D eigenvalue weighted by Gasteiger charge is 2.15. The normalized spacial score (nSPS) is 10.0. The molecule has 0 radical (unpaired) electrons. The van der Waals surface area contributed by atoms with Crippen LogP contribution in [0.25, 0.3) is 0 Å². The van der Waals surface area contributed by atoms with Crippen molar-refractivity contribution in [1.82, 2.24) is 0 Å². The molecule has 2 rings (SSSR count). The number of carbonyl (C=O) groups excluding carboxylic acids is 1. The van der Waals surface area contributed by atoms with Gasteiger partial charge >= 0.3 is 0 Å². The lowest BCUT2D eigenvalue weighted by atomic mass is 10.1. The number of methoxy groups -OCH3 is 4. The zero-order valence-corrected chi connectivity index (χ0v) is 15.4. The molecule has 128 valence electrons. The number of nitrogens with one attached hydrogen (secondary N) is 1. The number of hydrogen-bond donors (Lipinski definition) is 1. The molecule has 0 aliphatic rings. The fourth-order valence-corrected chi connectivity index (χ4v) is 2.67. The number of anilines is 1. The molecule has 0 unspecified atom stereocenters. The summed E-state index contributed by atoms with van der Waals surface area (Å²) in [5, 5.41) is 2.81. The van der Waals surface area contributed by atoms with Gasteiger partial charge in [-0.25, -0.2) is 0 Å². The maximum Gasteiger partial charge on any atom is 0.255 e. The molecule has 0 bridgehead atoms. The number of rotatable bonds is 6. The lowest BCUT2D eigenvalue weighted by molar-refractivity contribution is 0.102. The lowest BCUT2D eigenvalue weighted by Gasteiger charge is -2.13. The predicted molar refractivity (Wildman–Crippen MR) is 94.7 cm³/mol. The molecule has 0 saturated heterocycles. The summed E-state index contributed by atoms with van der Waals surface area (Å²) in [6.45, 7) is 0. The number of ether oxygens (including phenoxy) is 4. The van der Waals surface area contributed by atoms with Gasteiger partial charge in [-0.3, -0.25) is 4.79 Å². The van der Waals surface area contributed by atoms with Crippen LogP contribution in [0.1, 0.15) is 10.4 Å². The summed E-state index contributed by atoms with van der Waals surface area (Å²) in [6, 6.07) is 8.39. The average Bonchev–Trinajstić information content (AvgIpc) is 2.61. The molecule has 0 aromatic heterocycles. The summed E-state index contributed by atoms with van der Waals surface area (Å²) in [4.78, 5) is 12.5. The van der Waals surface area contributed by atoms with Crippen molar-refractivity contribution < 1.29 is 23.7 Å². The third-order valence-corrected chi connectivity index (χ3v) is 4.13. The molecule has 24 heavy (non-hydrogen) atoms. The first kappa shape index (κ1) is 17.9. The Hall–Kier alpha value is -2.41. The molecule has 0 aliphatic carbocycles. The Morgan fingerprint density at radius 1 is 0.833 bits per heavy atom. The molecule has 1 N–H and O–H groups in total. The van der Waals surface area contributed by atoms with Crippen LogP contribution >= 0.6 is 15.9 Å². The van der Waals surface area contributed by atoms with Gasteiger partial charge in [0.2, 0.25) is 0 Å². The van der Waals surface area contributed by atoms with Gasteiger partial charge in [0.1, 0.15) is 16.0 Å². The first-order valence-electron chi connectivity index (χ1n) is 6.99. The SMILES string of the molecule is COc1ccc(NC(=O)c2cc(OC)c(Br)c(OC)c2)cc1OC. The monoisotopic (exact) mass is 395 g/mol. The first-order valence-corrected chi connectivity index (χ1v) is 7.78. The van der Waals surface area contributed by atoms with Gasteiger partial charge < -0.3 is 24.3 Å². The van der Waals surface area contributed by atoms with Gasteiger partial charge in [0.05, 0.1) is 28.4 Å². The van der Waals surface area contributed by atoms with E-state index in [1.54, 1.807) is 37.4 Å². The van der Waals surface area contributed by atoms with Crippen molar-refractivity contribution in [2.75, 3.05) is 33.8 Å². The zero-order valence-electron chi connectivity index (χ0n) is 13.8. The molecule has 0 spiro atoms. The fourth-order valence-electron chi connectivity index (χ4n) is 2.12. The summed E-state index contributed by atoms with van der Waals surface area (Å²) < 4.78 is 21.6. The van der Waals surface area contributed by atoms with Gasteiger partial charge in [-0.1, -0.05) is 0 Å². The molecule has 0 saturated carbocycles. The lowest BCUT2D eigenvalue weighted by Crippen LogP contribution is -2.12. The Morgan fingerprint density at radius 3 is 1.88 bits per heavy atom. The Labute approximate surface area is 148 Å². The summed E-state index contributed by atoms with van der Waals surface area (Å²) in [7, 11) is 6.13. The van der Waals surface area contributed by atoms with Crippen LogP contribution in [0.2, 0.25) is 0 Å². The molecule has 7 heteroatoms. The van der Waals surface area contributed by atoms with Crippen molar-refractivity contribution in [2.45, 2.75) is 0 Å². The van der Waals surface area contributed by atoms with Crippen LogP contribution in [0, 0.1) is 0 Å². The van der Waals surface area contributed by atoms with E-state index in [2.05, 4.69) is 21.2 Å². The summed E-state index contributed by atoms with van der Waals surface area (Å²) >= 11 is 3.37. The maximum absolute atomic E-state index is 12.5. The van der Waals surface area contributed by atoms with Crippen molar-refractivity contribution >= 4 is 27.5 Å². The van der Waals surface area contributed by atoms with Gasteiger partial charge in [0.15, 0.2) is 11.5 Å². The van der Waals surface area contributed by atoms with Gasteiger partial charge in [0.25, 0.3) is 5.91 Å². The van der Waals surface area contributed by atoms with Gasteiger partial charge in [-0.05, 0) is 40.2 Å². The van der Waals surface area contributed by atoms with E-state index in [1.807, 2.05) is 0 Å². The van der Waals surface area contributed by atoms with Crippen LogP contribution in [0.5, 0.6) is 23.0 Å². The number of amides is 1. The fraction of sp³-hybridized carbons (Fsp3) is 0.235. The zero-order chi connectivity index (χ0) is 17.7. The van der Waals surface area contributed by atoms with Crippen LogP contribution in [0.15, 0.2) is 34.8 Å². The summed E-state index contributed by atoms with van der Waals surface area (Å²) in [5.41, 5.74) is 0.986. The van der Waals surface area contributed by atoms with Crippen LogP contribution < -0.4 is 24.3 Å². The first-order chi connectivity index (χ1) is 11.5. The molecular weight excluding hydrogens is 378 g/mol. The van der Waals surface area contributed by atoms with Gasteiger partial charge in [-0.2, -0.15) is 0 Å². The second-order valence-corrected chi connectivity index (χ2v) is 5.51. The highest BCUT2D eigenvalue weighted by atomic mass is 79.9. The van der Waals surface area contributed by atoms with E-state index in [1.165, 1.54) is 21.3 Å². The van der Waals surface area contributed by atoms with E-state index >= 15 is 0 Å². The Kier molecular flexibility index (Phi) is 5.92. The number of hydrogen-bond acceptors (Lipinski definition) is 5. The van der Waals surface area contributed by atoms with E-state index in [0.29, 0.717) is 38.7 Å². The Bertz CT molecular complexity index is 723. The standard InChI is InChI=1S/C17H18BrNO5/c1-21-12-6-5-11(9-13(12)22-2)19-17(20)10-7-14(23-3)16(18)15(8-10)24-4/h5-9H,1-4H3,(H,19,20). The minimum atomic E-state index is -0.300. The minimum absolute atomic E-state index is 0.300. The third kappa shape index (κ3) is 3.73. The van der Waals surface area contributed by atoms with Crippen molar-refractivity contribution in [1.29, 1.82) is 0 Å². The topological polar surface area (TPSA) is 66.0 Å². The Balaban J connectivity index is 2.30. The molecule has 0 aliphatic heterocycles. The van der Waals surface area contributed by atoms with Crippen molar-refractivity contribution in [3.63, 3.8) is 0 Å². The van der Waals surface area contributed by atoms with Gasteiger partial charge in [-0.15, -0.1) is 0 Å². The molecule has 6 nitrogen and oxygen atoms in total. The molecule has 0 heterocycles. The summed E-state index contributed by atoms with van der Waals surface area (Å²) in [5.74, 6) is 1.83. The van der Waals surface area contributed by atoms with E-state index in [4.69, 9.17) is 18.9 Å². The van der Waals surface area contributed by atoms with Crippen molar-refractivity contribution in [3.8, 4) is 23.0 Å². The maximum atomic E-state index is 12.5. The molecule has 1 amide bonds. The van der Waals surface area contributed by atoms with Crippen LogP contribution in [0.3, 0.4) is 0 Å². The molecule has 0 fully saturated rings. The Morgan fingerprint density at radius 2 is 1.38 bits per heavy atom. The molecule has 2 aromatic rings. The minimum Gasteiger partial charge on any atom is -0.495 e. The average molecular weight is 396 g/mol. The number of halogens is 1. The van der Waals surface area contributed by atoms with Crippen molar-refractivity contribution in [3.05, 3.63) is 40.4 Å².